The van der Waals surface area contributed by atoms with Gasteiger partial charge in [0.25, 0.3) is 11.6 Å². The van der Waals surface area contributed by atoms with Crippen LogP contribution in [-0.4, -0.2) is 42.9 Å². The minimum absolute atomic E-state index is 0.115. The topological polar surface area (TPSA) is 99.0 Å². The first kappa shape index (κ1) is 18.9. The highest BCUT2D eigenvalue weighted by atomic mass is 16.6. The van der Waals surface area contributed by atoms with Gasteiger partial charge in [0.1, 0.15) is 11.3 Å². The zero-order valence-electron chi connectivity index (χ0n) is 14.5. The maximum atomic E-state index is 12.6. The van der Waals surface area contributed by atoms with Gasteiger partial charge in [-0.25, -0.2) is 4.79 Å². The normalized spacial score (nSPS) is 11.3. The Morgan fingerprint density at radius 3 is 2.31 bits per heavy atom. The summed E-state index contributed by atoms with van der Waals surface area (Å²) in [6.07, 6.45) is -1.18. The number of carbonyl (C=O) groups is 2. The van der Waals surface area contributed by atoms with Crippen molar-refractivity contribution in [3.63, 3.8) is 0 Å². The summed E-state index contributed by atoms with van der Waals surface area (Å²) in [6.45, 7) is 0. The predicted octanol–water partition coefficient (Wildman–Crippen LogP) is 2.59. The van der Waals surface area contributed by atoms with Gasteiger partial charge in [0.2, 0.25) is 6.10 Å². The standard InChI is InChI=1S/C18H18N2O6/c1-19(2)17(21)16(12-7-5-4-6-8-12)26-18(22)14-11-13(20(23)24)9-10-15(14)25-3/h4-11,16H,1-3H3/t16-/m0/s1. The SMILES string of the molecule is COc1ccc([N+](=O)[O-])cc1C(=O)O[C@H](C(=O)N(C)C)c1ccccc1. The summed E-state index contributed by atoms with van der Waals surface area (Å²) in [5.41, 5.74) is 0.0751. The van der Waals surface area contributed by atoms with Gasteiger partial charge >= 0.3 is 5.97 Å². The highest BCUT2D eigenvalue weighted by molar-refractivity contribution is 5.95. The van der Waals surface area contributed by atoms with Crippen LogP contribution in [0.4, 0.5) is 5.69 Å². The number of nitro groups is 1. The van der Waals surface area contributed by atoms with E-state index in [2.05, 4.69) is 0 Å². The van der Waals surface area contributed by atoms with Gasteiger partial charge in [-0.1, -0.05) is 30.3 Å². The number of hydrogen-bond acceptors (Lipinski definition) is 6. The van der Waals surface area contributed by atoms with Crippen molar-refractivity contribution in [2.75, 3.05) is 21.2 Å². The number of ether oxygens (including phenoxy) is 2. The third-order valence-electron chi connectivity index (χ3n) is 3.61. The quantitative estimate of drug-likeness (QED) is 0.447. The van der Waals surface area contributed by atoms with Gasteiger partial charge in [-0.05, 0) is 6.07 Å². The van der Waals surface area contributed by atoms with Crippen LogP contribution >= 0.6 is 0 Å². The van der Waals surface area contributed by atoms with Crippen molar-refractivity contribution >= 4 is 17.6 Å². The van der Waals surface area contributed by atoms with Crippen LogP contribution in [0, 0.1) is 10.1 Å². The number of methoxy groups -OCH3 is 1. The molecule has 8 heteroatoms. The molecule has 8 nitrogen and oxygen atoms in total. The lowest BCUT2D eigenvalue weighted by Crippen LogP contribution is -2.31. The lowest BCUT2D eigenvalue weighted by atomic mass is 10.1. The molecule has 0 aliphatic heterocycles. The predicted molar refractivity (Wildman–Crippen MR) is 92.9 cm³/mol. The van der Waals surface area contributed by atoms with Crippen molar-refractivity contribution in [3.05, 3.63) is 69.8 Å². The molecule has 0 saturated heterocycles. The third-order valence-corrected chi connectivity index (χ3v) is 3.61. The smallest absolute Gasteiger partial charge is 0.343 e. The number of hydrogen-bond donors (Lipinski definition) is 0. The minimum Gasteiger partial charge on any atom is -0.496 e. The first-order chi connectivity index (χ1) is 12.3. The summed E-state index contributed by atoms with van der Waals surface area (Å²) in [5.74, 6) is -1.21. The molecule has 0 aliphatic rings. The van der Waals surface area contributed by atoms with Crippen LogP contribution in [-0.2, 0) is 9.53 Å². The van der Waals surface area contributed by atoms with E-state index in [1.807, 2.05) is 0 Å². The highest BCUT2D eigenvalue weighted by Gasteiger charge is 2.29. The molecule has 0 aliphatic carbocycles. The molecule has 0 bridgehead atoms. The largest absolute Gasteiger partial charge is 0.496 e. The van der Waals surface area contributed by atoms with Crippen molar-refractivity contribution in [2.45, 2.75) is 6.10 Å². The lowest BCUT2D eigenvalue weighted by molar-refractivity contribution is -0.384. The van der Waals surface area contributed by atoms with Gasteiger partial charge in [-0.2, -0.15) is 0 Å². The van der Waals surface area contributed by atoms with Gasteiger partial charge in [-0.3, -0.25) is 14.9 Å². The Bertz CT molecular complexity index is 820. The summed E-state index contributed by atoms with van der Waals surface area (Å²) in [4.78, 5) is 36.7. The Morgan fingerprint density at radius 2 is 1.77 bits per heavy atom. The Hall–Kier alpha value is -3.42. The number of likely N-dealkylation sites (N-methyl/N-ethyl adjacent to an activating group) is 1. The van der Waals surface area contributed by atoms with Crippen LogP contribution in [0.5, 0.6) is 5.75 Å². The molecule has 0 unspecified atom stereocenters. The Balaban J connectivity index is 2.40. The van der Waals surface area contributed by atoms with E-state index in [0.29, 0.717) is 5.56 Å². The maximum absolute atomic E-state index is 12.6. The second-order valence-electron chi connectivity index (χ2n) is 5.57. The number of non-ortho nitro benzene ring substituents is 1. The minimum atomic E-state index is -1.18. The average molecular weight is 358 g/mol. The van der Waals surface area contributed by atoms with E-state index in [4.69, 9.17) is 9.47 Å². The second-order valence-corrected chi connectivity index (χ2v) is 5.57. The number of nitro benzene ring substituents is 1. The number of benzene rings is 2. The number of nitrogens with zero attached hydrogens (tertiary/aromatic N) is 2. The summed E-state index contributed by atoms with van der Waals surface area (Å²) < 4.78 is 10.5. The van der Waals surface area contributed by atoms with Crippen molar-refractivity contribution < 1.29 is 24.0 Å². The number of amides is 1. The van der Waals surface area contributed by atoms with Crippen molar-refractivity contribution in [1.29, 1.82) is 0 Å². The summed E-state index contributed by atoms with van der Waals surface area (Å²) in [6, 6.07) is 12.1. The molecule has 136 valence electrons. The van der Waals surface area contributed by atoms with E-state index < -0.39 is 22.9 Å². The molecule has 0 spiro atoms. The second kappa shape index (κ2) is 8.11. The van der Waals surface area contributed by atoms with Crippen LogP contribution in [0.15, 0.2) is 48.5 Å². The number of esters is 1. The summed E-state index contributed by atoms with van der Waals surface area (Å²) >= 11 is 0. The van der Waals surface area contributed by atoms with Crippen LogP contribution in [0.1, 0.15) is 22.0 Å². The van der Waals surface area contributed by atoms with Crippen molar-refractivity contribution in [2.24, 2.45) is 0 Å². The van der Waals surface area contributed by atoms with Crippen LogP contribution < -0.4 is 4.74 Å². The monoisotopic (exact) mass is 358 g/mol. The molecule has 0 N–H and O–H groups in total. The molecule has 0 radical (unpaired) electrons. The zero-order valence-corrected chi connectivity index (χ0v) is 14.5. The van der Waals surface area contributed by atoms with Gasteiger partial charge in [-0.15, -0.1) is 0 Å². The first-order valence-electron chi connectivity index (χ1n) is 7.64. The van der Waals surface area contributed by atoms with E-state index >= 15 is 0 Å². The highest BCUT2D eigenvalue weighted by Crippen LogP contribution is 2.28. The van der Waals surface area contributed by atoms with Crippen LogP contribution in [0.3, 0.4) is 0 Å². The fourth-order valence-electron chi connectivity index (χ4n) is 2.26. The molecule has 2 rings (SSSR count). The Morgan fingerprint density at radius 1 is 1.12 bits per heavy atom. The first-order valence-corrected chi connectivity index (χ1v) is 7.64. The Kier molecular flexibility index (Phi) is 5.90. The average Bonchev–Trinajstić information content (AvgIpc) is 2.65. The molecule has 0 fully saturated rings. The molecule has 1 amide bonds. The zero-order chi connectivity index (χ0) is 19.3. The fourth-order valence-corrected chi connectivity index (χ4v) is 2.26. The number of rotatable bonds is 6. The van der Waals surface area contributed by atoms with Gasteiger partial charge in [0.05, 0.1) is 12.0 Å². The summed E-state index contributed by atoms with van der Waals surface area (Å²) in [5, 5.41) is 11.0. The van der Waals surface area contributed by atoms with E-state index in [-0.39, 0.29) is 17.0 Å². The molecule has 2 aromatic carbocycles. The Labute approximate surface area is 150 Å². The van der Waals surface area contributed by atoms with Crippen molar-refractivity contribution in [3.8, 4) is 5.75 Å². The van der Waals surface area contributed by atoms with E-state index in [1.165, 1.54) is 24.1 Å². The molecule has 0 aromatic heterocycles. The molecule has 26 heavy (non-hydrogen) atoms. The molecular weight excluding hydrogens is 340 g/mol. The molecule has 0 heterocycles. The fraction of sp³-hybridized carbons (Fsp3) is 0.222. The molecule has 1 atom stereocenters. The van der Waals surface area contributed by atoms with E-state index in [1.54, 1.807) is 44.4 Å². The van der Waals surface area contributed by atoms with Gasteiger partial charge in [0, 0.05) is 31.8 Å². The van der Waals surface area contributed by atoms with Crippen LogP contribution in [0.25, 0.3) is 0 Å². The van der Waals surface area contributed by atoms with Crippen molar-refractivity contribution in [1.82, 2.24) is 4.90 Å². The van der Waals surface area contributed by atoms with Crippen LogP contribution in [0.2, 0.25) is 0 Å². The van der Waals surface area contributed by atoms with E-state index in [9.17, 15) is 19.7 Å². The summed E-state index contributed by atoms with van der Waals surface area (Å²) in [7, 11) is 4.41. The molecular formula is C18H18N2O6. The van der Waals surface area contributed by atoms with Gasteiger partial charge in [0.15, 0.2) is 0 Å². The molecule has 0 saturated carbocycles. The number of carbonyl (C=O) groups excluding carboxylic acids is 2. The van der Waals surface area contributed by atoms with Gasteiger partial charge < -0.3 is 14.4 Å². The maximum Gasteiger partial charge on any atom is 0.343 e. The third kappa shape index (κ3) is 4.15. The lowest BCUT2D eigenvalue weighted by Gasteiger charge is -2.21. The molecule has 2 aromatic rings. The van der Waals surface area contributed by atoms with E-state index in [0.717, 1.165) is 6.07 Å².